The zero-order valence-electron chi connectivity index (χ0n) is 14.6. The molecule has 1 amide bonds. The monoisotopic (exact) mass is 388 g/mol. The zero-order chi connectivity index (χ0) is 18.1. The topological polar surface area (TPSA) is 50.8 Å². The van der Waals surface area contributed by atoms with E-state index in [4.69, 9.17) is 32.7 Å². The number of ether oxygens (including phenoxy) is 2. The number of benzene rings is 1. The highest BCUT2D eigenvalue weighted by Gasteiger charge is 2.24. The molecule has 0 bridgehead atoms. The van der Waals surface area contributed by atoms with E-state index in [1.54, 1.807) is 25.3 Å². The van der Waals surface area contributed by atoms with Crippen LogP contribution in [0.1, 0.15) is 25.7 Å². The molecule has 1 unspecified atom stereocenters. The van der Waals surface area contributed by atoms with Gasteiger partial charge in [0, 0.05) is 37.7 Å². The van der Waals surface area contributed by atoms with Crippen LogP contribution in [0.25, 0.3) is 0 Å². The molecule has 0 aliphatic carbocycles. The molecule has 1 aliphatic heterocycles. The average molecular weight is 389 g/mol. The fourth-order valence-electron chi connectivity index (χ4n) is 2.96. The highest BCUT2D eigenvalue weighted by molar-refractivity contribution is 6.35. The summed E-state index contributed by atoms with van der Waals surface area (Å²) in [6.07, 6.45) is 3.39. The molecule has 1 fully saturated rings. The summed E-state index contributed by atoms with van der Waals surface area (Å²) in [7, 11) is 1.71. The number of nitrogens with one attached hydrogen (secondary N) is 1. The van der Waals surface area contributed by atoms with Crippen molar-refractivity contribution in [3.8, 4) is 5.75 Å². The highest BCUT2D eigenvalue weighted by Crippen LogP contribution is 2.27. The number of likely N-dealkylation sites (tertiary alicyclic amines) is 1. The van der Waals surface area contributed by atoms with Crippen LogP contribution in [0, 0.1) is 0 Å². The second kappa shape index (κ2) is 10.9. The van der Waals surface area contributed by atoms with Crippen LogP contribution in [0.4, 0.5) is 0 Å². The van der Waals surface area contributed by atoms with Crippen molar-refractivity contribution >= 4 is 29.1 Å². The average Bonchev–Trinajstić information content (AvgIpc) is 3.04. The Balaban J connectivity index is 1.60. The summed E-state index contributed by atoms with van der Waals surface area (Å²) in [6.45, 7) is 3.88. The maximum Gasteiger partial charge on any atom is 0.220 e. The summed E-state index contributed by atoms with van der Waals surface area (Å²) < 4.78 is 10.7. The van der Waals surface area contributed by atoms with E-state index in [0.29, 0.717) is 47.8 Å². The molecule has 0 saturated carbocycles. The standard InChI is InChI=1S/C18H26Cl2N2O3/c1-24-11-9-22-8-2-4-15(22)13-21-18(23)5-3-10-25-17-7-6-14(19)12-16(17)20/h6-7,12,15H,2-5,8-11,13H2,1H3,(H,21,23). The van der Waals surface area contributed by atoms with Gasteiger partial charge in [0.2, 0.25) is 5.91 Å². The SMILES string of the molecule is COCCN1CCCC1CNC(=O)CCCOc1ccc(Cl)cc1Cl. The number of rotatable bonds is 10. The second-order valence-electron chi connectivity index (χ2n) is 6.16. The molecular formula is C18H26Cl2N2O3. The molecule has 5 nitrogen and oxygen atoms in total. The number of hydrogen-bond acceptors (Lipinski definition) is 4. The van der Waals surface area contributed by atoms with Crippen molar-refractivity contribution in [2.45, 2.75) is 31.7 Å². The van der Waals surface area contributed by atoms with Gasteiger partial charge >= 0.3 is 0 Å². The van der Waals surface area contributed by atoms with Crippen molar-refractivity contribution in [2.24, 2.45) is 0 Å². The molecule has 0 aromatic heterocycles. The Morgan fingerprint density at radius 3 is 2.96 bits per heavy atom. The molecular weight excluding hydrogens is 363 g/mol. The number of carbonyl (C=O) groups excluding carboxylic acids is 1. The minimum absolute atomic E-state index is 0.0596. The Bertz CT molecular complexity index is 557. The van der Waals surface area contributed by atoms with E-state index in [9.17, 15) is 4.79 Å². The maximum absolute atomic E-state index is 12.0. The lowest BCUT2D eigenvalue weighted by Crippen LogP contribution is -2.41. The first-order valence-corrected chi connectivity index (χ1v) is 9.43. The normalized spacial score (nSPS) is 17.6. The van der Waals surface area contributed by atoms with Crippen LogP contribution in [0.15, 0.2) is 18.2 Å². The molecule has 1 atom stereocenters. The molecule has 0 spiro atoms. The van der Waals surface area contributed by atoms with Crippen LogP contribution in [0.3, 0.4) is 0 Å². The summed E-state index contributed by atoms with van der Waals surface area (Å²) in [4.78, 5) is 14.4. The largest absolute Gasteiger partial charge is 0.492 e. The lowest BCUT2D eigenvalue weighted by molar-refractivity contribution is -0.121. The second-order valence-corrected chi connectivity index (χ2v) is 7.00. The molecule has 25 heavy (non-hydrogen) atoms. The fourth-order valence-corrected chi connectivity index (χ4v) is 3.42. The first kappa shape index (κ1) is 20.3. The van der Waals surface area contributed by atoms with Crippen LogP contribution in [0.2, 0.25) is 10.0 Å². The Kier molecular flexibility index (Phi) is 8.82. The molecule has 1 saturated heterocycles. The van der Waals surface area contributed by atoms with Crippen LogP contribution >= 0.6 is 23.2 Å². The van der Waals surface area contributed by atoms with Gasteiger partial charge in [0.05, 0.1) is 18.2 Å². The lowest BCUT2D eigenvalue weighted by Gasteiger charge is -2.24. The van der Waals surface area contributed by atoms with Crippen LogP contribution in [-0.4, -0.2) is 56.8 Å². The Labute approximate surface area is 159 Å². The fraction of sp³-hybridized carbons (Fsp3) is 0.611. The van der Waals surface area contributed by atoms with Gasteiger partial charge in [-0.25, -0.2) is 0 Å². The van der Waals surface area contributed by atoms with E-state index in [1.807, 2.05) is 0 Å². The minimum atomic E-state index is 0.0596. The molecule has 1 heterocycles. The number of methoxy groups -OCH3 is 1. The van der Waals surface area contributed by atoms with E-state index < -0.39 is 0 Å². The summed E-state index contributed by atoms with van der Waals surface area (Å²) in [5.74, 6) is 0.649. The number of halogens is 2. The van der Waals surface area contributed by atoms with Gasteiger partial charge in [-0.1, -0.05) is 23.2 Å². The number of hydrogen-bond donors (Lipinski definition) is 1. The predicted octanol–water partition coefficient (Wildman–Crippen LogP) is 3.38. The molecule has 1 aromatic carbocycles. The van der Waals surface area contributed by atoms with Crippen LogP contribution in [0.5, 0.6) is 5.75 Å². The summed E-state index contributed by atoms with van der Waals surface area (Å²) >= 11 is 11.9. The van der Waals surface area contributed by atoms with Crippen molar-refractivity contribution in [1.82, 2.24) is 10.2 Å². The van der Waals surface area contributed by atoms with E-state index in [1.165, 1.54) is 6.42 Å². The van der Waals surface area contributed by atoms with E-state index >= 15 is 0 Å². The van der Waals surface area contributed by atoms with Gasteiger partial charge in [0.15, 0.2) is 0 Å². The third-order valence-electron chi connectivity index (χ3n) is 4.32. The van der Waals surface area contributed by atoms with Gasteiger partial charge in [-0.15, -0.1) is 0 Å². The quantitative estimate of drug-likeness (QED) is 0.624. The van der Waals surface area contributed by atoms with Gasteiger partial charge in [-0.2, -0.15) is 0 Å². The molecule has 140 valence electrons. The van der Waals surface area contributed by atoms with Gasteiger partial charge in [0.25, 0.3) is 0 Å². The molecule has 2 rings (SSSR count). The van der Waals surface area contributed by atoms with Gasteiger partial charge < -0.3 is 14.8 Å². The number of carbonyl (C=O) groups is 1. The third-order valence-corrected chi connectivity index (χ3v) is 4.85. The number of amides is 1. The highest BCUT2D eigenvalue weighted by atomic mass is 35.5. The van der Waals surface area contributed by atoms with E-state index in [0.717, 1.165) is 26.1 Å². The summed E-state index contributed by atoms with van der Waals surface area (Å²) in [6, 6.07) is 5.52. The maximum atomic E-state index is 12.0. The zero-order valence-corrected chi connectivity index (χ0v) is 16.1. The Morgan fingerprint density at radius 1 is 1.36 bits per heavy atom. The van der Waals surface area contributed by atoms with Gasteiger partial charge in [-0.05, 0) is 44.0 Å². The lowest BCUT2D eigenvalue weighted by atomic mass is 10.2. The third kappa shape index (κ3) is 7.02. The van der Waals surface area contributed by atoms with Crippen molar-refractivity contribution < 1.29 is 14.3 Å². The Hall–Kier alpha value is -1.01. The van der Waals surface area contributed by atoms with Crippen molar-refractivity contribution in [1.29, 1.82) is 0 Å². The van der Waals surface area contributed by atoms with E-state index in [-0.39, 0.29) is 5.91 Å². The number of nitrogens with zero attached hydrogens (tertiary/aromatic N) is 1. The molecule has 7 heteroatoms. The Morgan fingerprint density at radius 2 is 2.20 bits per heavy atom. The summed E-state index contributed by atoms with van der Waals surface area (Å²) in [5, 5.41) is 4.08. The van der Waals surface area contributed by atoms with Gasteiger partial charge in [0.1, 0.15) is 5.75 Å². The van der Waals surface area contributed by atoms with Gasteiger partial charge in [-0.3, -0.25) is 9.69 Å². The minimum Gasteiger partial charge on any atom is -0.492 e. The van der Waals surface area contributed by atoms with Crippen molar-refractivity contribution in [3.05, 3.63) is 28.2 Å². The predicted molar refractivity (Wildman–Crippen MR) is 101 cm³/mol. The van der Waals surface area contributed by atoms with E-state index in [2.05, 4.69) is 10.2 Å². The van der Waals surface area contributed by atoms with Crippen molar-refractivity contribution in [3.63, 3.8) is 0 Å². The van der Waals surface area contributed by atoms with Crippen molar-refractivity contribution in [2.75, 3.05) is 40.0 Å². The van der Waals surface area contributed by atoms with Crippen LogP contribution in [-0.2, 0) is 9.53 Å². The first-order chi connectivity index (χ1) is 12.1. The van der Waals surface area contributed by atoms with Crippen LogP contribution < -0.4 is 10.1 Å². The smallest absolute Gasteiger partial charge is 0.220 e. The summed E-state index contributed by atoms with van der Waals surface area (Å²) in [5.41, 5.74) is 0. The molecule has 1 N–H and O–H groups in total. The first-order valence-electron chi connectivity index (χ1n) is 8.67. The molecule has 1 aliphatic rings. The molecule has 0 radical (unpaired) electrons. The molecule has 1 aromatic rings.